The Kier molecular flexibility index (Phi) is 5.96. The van der Waals surface area contributed by atoms with Crippen LogP contribution in [-0.4, -0.2) is 70.7 Å². The topological polar surface area (TPSA) is 66.3 Å². The molecular weight excluding hydrogens is 364 g/mol. The summed E-state index contributed by atoms with van der Waals surface area (Å²) in [5.41, 5.74) is 2.76. The van der Waals surface area contributed by atoms with Gasteiger partial charge >= 0.3 is 0 Å². The van der Waals surface area contributed by atoms with E-state index < -0.39 is 0 Å². The number of rotatable bonds is 7. The molecule has 3 heterocycles. The Labute approximate surface area is 173 Å². The van der Waals surface area contributed by atoms with Crippen LogP contribution in [0.5, 0.6) is 0 Å². The Bertz CT molecular complexity index is 843. The predicted molar refractivity (Wildman–Crippen MR) is 113 cm³/mol. The number of aromatic nitrogens is 3. The summed E-state index contributed by atoms with van der Waals surface area (Å²) in [7, 11) is 3.99. The summed E-state index contributed by atoms with van der Waals surface area (Å²) in [6.07, 6.45) is 1.99. The number of fused-ring (bicyclic) bond motifs is 2. The van der Waals surface area contributed by atoms with E-state index in [4.69, 9.17) is 0 Å². The van der Waals surface area contributed by atoms with Crippen molar-refractivity contribution in [2.24, 2.45) is 11.8 Å². The second kappa shape index (κ2) is 8.63. The minimum atomic E-state index is -0.116. The summed E-state index contributed by atoms with van der Waals surface area (Å²) in [4.78, 5) is 17.1. The van der Waals surface area contributed by atoms with Gasteiger partial charge in [-0.3, -0.25) is 9.69 Å². The van der Waals surface area contributed by atoms with Crippen molar-refractivity contribution in [2.45, 2.75) is 32.9 Å². The summed E-state index contributed by atoms with van der Waals surface area (Å²) < 4.78 is 2.05. The number of benzene rings is 1. The first-order valence-corrected chi connectivity index (χ1v) is 10.7. The molecule has 1 aromatic carbocycles. The molecule has 0 radical (unpaired) electrons. The Morgan fingerprint density at radius 2 is 1.83 bits per heavy atom. The predicted octanol–water partition coefficient (Wildman–Crippen LogP) is 1.44. The molecule has 2 aromatic rings. The highest BCUT2D eigenvalue weighted by atomic mass is 16.2. The zero-order chi connectivity index (χ0) is 20.4. The number of hydrogen-bond acceptors (Lipinski definition) is 5. The molecule has 156 valence electrons. The monoisotopic (exact) mass is 396 g/mol. The van der Waals surface area contributed by atoms with E-state index in [0.717, 1.165) is 51.4 Å². The molecule has 4 rings (SSSR count). The molecule has 2 atom stereocenters. The molecule has 1 N–H and O–H groups in total. The molecule has 2 aliphatic heterocycles. The van der Waals surface area contributed by atoms with Crippen molar-refractivity contribution in [3.63, 3.8) is 0 Å². The molecule has 0 bridgehead atoms. The first-order chi connectivity index (χ1) is 14.0. The first kappa shape index (κ1) is 20.0. The fourth-order valence-corrected chi connectivity index (χ4v) is 4.53. The SMILES string of the molecule is CCc1ccc(CN2CC3Cc4nnc(C(=O)NCCN(C)C)n4CC3C2)cc1. The third kappa shape index (κ3) is 4.51. The van der Waals surface area contributed by atoms with Gasteiger partial charge in [-0.05, 0) is 43.5 Å². The van der Waals surface area contributed by atoms with Crippen LogP contribution in [0.1, 0.15) is 34.5 Å². The van der Waals surface area contributed by atoms with Gasteiger partial charge in [-0.2, -0.15) is 0 Å². The van der Waals surface area contributed by atoms with Crippen LogP contribution in [0.25, 0.3) is 0 Å². The molecule has 1 aromatic heterocycles. The largest absolute Gasteiger partial charge is 0.348 e. The van der Waals surface area contributed by atoms with Crippen LogP contribution in [-0.2, 0) is 25.9 Å². The van der Waals surface area contributed by atoms with E-state index in [9.17, 15) is 4.79 Å². The van der Waals surface area contributed by atoms with E-state index in [0.29, 0.717) is 24.2 Å². The molecule has 7 heteroatoms. The zero-order valence-corrected chi connectivity index (χ0v) is 17.8. The number of hydrogen-bond donors (Lipinski definition) is 1. The maximum atomic E-state index is 12.5. The third-order valence-electron chi connectivity index (χ3n) is 6.23. The average molecular weight is 397 g/mol. The van der Waals surface area contributed by atoms with Crippen molar-refractivity contribution in [1.29, 1.82) is 0 Å². The molecule has 2 aliphatic rings. The van der Waals surface area contributed by atoms with Crippen molar-refractivity contribution in [2.75, 3.05) is 40.3 Å². The van der Waals surface area contributed by atoms with Crippen LogP contribution in [0.3, 0.4) is 0 Å². The van der Waals surface area contributed by atoms with Gasteiger partial charge in [-0.25, -0.2) is 0 Å². The minimum absolute atomic E-state index is 0.116. The van der Waals surface area contributed by atoms with Crippen LogP contribution < -0.4 is 5.32 Å². The zero-order valence-electron chi connectivity index (χ0n) is 17.8. The van der Waals surface area contributed by atoms with E-state index in [1.807, 2.05) is 23.6 Å². The van der Waals surface area contributed by atoms with Crippen molar-refractivity contribution >= 4 is 5.91 Å². The summed E-state index contributed by atoms with van der Waals surface area (Å²) in [6, 6.07) is 8.99. The summed E-state index contributed by atoms with van der Waals surface area (Å²) in [5.74, 6) is 2.46. The van der Waals surface area contributed by atoms with Crippen molar-refractivity contribution in [3.05, 3.63) is 47.0 Å². The highest BCUT2D eigenvalue weighted by Gasteiger charge is 2.39. The molecular formula is C22H32N6O. The molecule has 0 aliphatic carbocycles. The van der Waals surface area contributed by atoms with Gasteiger partial charge in [0.25, 0.3) is 5.91 Å². The molecule has 1 saturated heterocycles. The summed E-state index contributed by atoms with van der Waals surface area (Å²) >= 11 is 0. The van der Waals surface area contributed by atoms with Crippen LogP contribution in [0.2, 0.25) is 0 Å². The number of likely N-dealkylation sites (tertiary alicyclic amines) is 1. The lowest BCUT2D eigenvalue weighted by Gasteiger charge is -2.25. The van der Waals surface area contributed by atoms with Crippen LogP contribution in [0.4, 0.5) is 0 Å². The number of aryl methyl sites for hydroxylation is 1. The maximum Gasteiger partial charge on any atom is 0.289 e. The lowest BCUT2D eigenvalue weighted by molar-refractivity contribution is 0.0932. The maximum absolute atomic E-state index is 12.5. The van der Waals surface area contributed by atoms with Crippen molar-refractivity contribution in [3.8, 4) is 0 Å². The Balaban J connectivity index is 1.37. The Hall–Kier alpha value is -2.25. The summed E-state index contributed by atoms with van der Waals surface area (Å²) in [5, 5.41) is 11.5. The van der Waals surface area contributed by atoms with Gasteiger partial charge in [0.1, 0.15) is 5.82 Å². The van der Waals surface area contributed by atoms with Crippen LogP contribution in [0.15, 0.2) is 24.3 Å². The van der Waals surface area contributed by atoms with Crippen molar-refractivity contribution < 1.29 is 4.79 Å². The number of carbonyl (C=O) groups excluding carboxylic acids is 1. The number of nitrogens with zero attached hydrogens (tertiary/aromatic N) is 5. The normalized spacial score (nSPS) is 21.2. The Morgan fingerprint density at radius 3 is 2.55 bits per heavy atom. The number of likely N-dealkylation sites (N-methyl/N-ethyl adjacent to an activating group) is 1. The highest BCUT2D eigenvalue weighted by molar-refractivity contribution is 5.90. The fourth-order valence-electron chi connectivity index (χ4n) is 4.53. The van der Waals surface area contributed by atoms with Gasteiger partial charge in [-0.15, -0.1) is 10.2 Å². The van der Waals surface area contributed by atoms with Gasteiger partial charge in [0.05, 0.1) is 0 Å². The highest BCUT2D eigenvalue weighted by Crippen LogP contribution is 2.33. The van der Waals surface area contributed by atoms with Gasteiger partial charge < -0.3 is 14.8 Å². The molecule has 1 fully saturated rings. The average Bonchev–Trinajstić information content (AvgIpc) is 3.28. The Morgan fingerprint density at radius 1 is 1.10 bits per heavy atom. The van der Waals surface area contributed by atoms with Gasteiger partial charge in [0.2, 0.25) is 5.82 Å². The van der Waals surface area contributed by atoms with Gasteiger partial charge in [-0.1, -0.05) is 31.2 Å². The summed E-state index contributed by atoms with van der Waals surface area (Å²) in [6.45, 7) is 7.62. The molecule has 0 saturated carbocycles. The number of amides is 1. The van der Waals surface area contributed by atoms with Crippen LogP contribution in [0, 0.1) is 11.8 Å². The standard InChI is InChI=1S/C22H32N6O/c1-4-16-5-7-17(8-6-16)12-27-13-18-11-20-24-25-21(28(20)15-19(18)14-27)22(29)23-9-10-26(2)3/h5-8,18-19H,4,9-15H2,1-3H3,(H,23,29). The van der Waals surface area contributed by atoms with E-state index in [1.54, 1.807) is 0 Å². The lowest BCUT2D eigenvalue weighted by Crippen LogP contribution is -2.35. The van der Waals surface area contributed by atoms with E-state index in [-0.39, 0.29) is 5.91 Å². The fraction of sp³-hybridized carbons (Fsp3) is 0.591. The molecule has 0 spiro atoms. The van der Waals surface area contributed by atoms with Crippen LogP contribution >= 0.6 is 0 Å². The van der Waals surface area contributed by atoms with E-state index in [2.05, 4.69) is 51.6 Å². The van der Waals surface area contributed by atoms with Gasteiger partial charge in [0, 0.05) is 45.7 Å². The number of carbonyl (C=O) groups is 1. The third-order valence-corrected chi connectivity index (χ3v) is 6.23. The molecule has 1 amide bonds. The second-order valence-corrected chi connectivity index (χ2v) is 8.70. The van der Waals surface area contributed by atoms with Gasteiger partial charge in [0.15, 0.2) is 0 Å². The molecule has 7 nitrogen and oxygen atoms in total. The van der Waals surface area contributed by atoms with Crippen molar-refractivity contribution in [1.82, 2.24) is 29.9 Å². The lowest BCUT2D eigenvalue weighted by atomic mass is 9.89. The first-order valence-electron chi connectivity index (χ1n) is 10.7. The smallest absolute Gasteiger partial charge is 0.289 e. The second-order valence-electron chi connectivity index (χ2n) is 8.70. The quantitative estimate of drug-likeness (QED) is 0.767. The number of nitrogens with one attached hydrogen (secondary N) is 1. The minimum Gasteiger partial charge on any atom is -0.348 e. The van der Waals surface area contributed by atoms with E-state index >= 15 is 0 Å². The molecule has 2 unspecified atom stereocenters. The van der Waals surface area contributed by atoms with E-state index in [1.165, 1.54) is 11.1 Å². The molecule has 29 heavy (non-hydrogen) atoms.